The van der Waals surface area contributed by atoms with Gasteiger partial charge in [0.2, 0.25) is 0 Å². The lowest BCUT2D eigenvalue weighted by molar-refractivity contribution is 0.184. The molecule has 0 bridgehead atoms. The summed E-state index contributed by atoms with van der Waals surface area (Å²) in [7, 11) is 3.64. The van der Waals surface area contributed by atoms with Gasteiger partial charge in [0, 0.05) is 29.8 Å². The van der Waals surface area contributed by atoms with Crippen LogP contribution in [0.1, 0.15) is 12.0 Å². The molecule has 0 saturated carbocycles. The number of benzene rings is 1. The highest BCUT2D eigenvalue weighted by Crippen LogP contribution is 2.25. The van der Waals surface area contributed by atoms with Gasteiger partial charge in [0.05, 0.1) is 0 Å². The van der Waals surface area contributed by atoms with Crippen LogP contribution in [0.2, 0.25) is 10.0 Å². The Morgan fingerprint density at radius 3 is 2.44 bits per heavy atom. The molecule has 2 nitrogen and oxygen atoms in total. The maximum atomic E-state index is 6.12. The molecule has 16 heavy (non-hydrogen) atoms. The zero-order chi connectivity index (χ0) is 12.0. The third-order valence-corrected chi connectivity index (χ3v) is 3.30. The summed E-state index contributed by atoms with van der Waals surface area (Å²) < 4.78 is 5.07. The molecule has 1 rings (SSSR count). The second-order valence-electron chi connectivity index (χ2n) is 3.67. The van der Waals surface area contributed by atoms with E-state index in [0.29, 0.717) is 6.04 Å². The second-order valence-corrected chi connectivity index (χ2v) is 4.49. The first kappa shape index (κ1) is 13.8. The number of rotatable bonds is 6. The van der Waals surface area contributed by atoms with Gasteiger partial charge in [-0.25, -0.2) is 0 Å². The minimum Gasteiger partial charge on any atom is -0.385 e. The Kier molecular flexibility index (Phi) is 6.14. The van der Waals surface area contributed by atoms with Crippen molar-refractivity contribution in [1.29, 1.82) is 0 Å². The molecule has 0 aliphatic carbocycles. The molecule has 0 fully saturated rings. The molecule has 1 aromatic carbocycles. The van der Waals surface area contributed by atoms with E-state index in [1.807, 2.05) is 25.2 Å². The van der Waals surface area contributed by atoms with E-state index in [4.69, 9.17) is 27.9 Å². The largest absolute Gasteiger partial charge is 0.385 e. The fourth-order valence-electron chi connectivity index (χ4n) is 1.58. The van der Waals surface area contributed by atoms with E-state index in [1.165, 1.54) is 0 Å². The summed E-state index contributed by atoms with van der Waals surface area (Å²) in [6.45, 7) is 0.730. The van der Waals surface area contributed by atoms with Gasteiger partial charge >= 0.3 is 0 Å². The van der Waals surface area contributed by atoms with Gasteiger partial charge in [-0.2, -0.15) is 0 Å². The molecule has 0 amide bonds. The summed E-state index contributed by atoms with van der Waals surface area (Å²) in [4.78, 5) is 0. The van der Waals surface area contributed by atoms with Gasteiger partial charge in [0.15, 0.2) is 0 Å². The number of likely N-dealkylation sites (N-methyl/N-ethyl adjacent to an activating group) is 1. The Bertz CT molecular complexity index is 311. The van der Waals surface area contributed by atoms with Gasteiger partial charge in [-0.05, 0) is 37.6 Å². The minimum atomic E-state index is 0.331. The van der Waals surface area contributed by atoms with Crippen molar-refractivity contribution in [2.75, 3.05) is 20.8 Å². The van der Waals surface area contributed by atoms with Crippen molar-refractivity contribution in [3.63, 3.8) is 0 Å². The van der Waals surface area contributed by atoms with Crippen LogP contribution >= 0.6 is 23.2 Å². The van der Waals surface area contributed by atoms with Crippen molar-refractivity contribution in [2.45, 2.75) is 18.9 Å². The van der Waals surface area contributed by atoms with Gasteiger partial charge in [-0.3, -0.25) is 0 Å². The van der Waals surface area contributed by atoms with Crippen molar-refractivity contribution < 1.29 is 4.74 Å². The fraction of sp³-hybridized carbons (Fsp3) is 0.500. The number of methoxy groups -OCH3 is 1. The monoisotopic (exact) mass is 261 g/mol. The zero-order valence-corrected chi connectivity index (χ0v) is 11.1. The fourth-order valence-corrected chi connectivity index (χ4v) is 2.13. The molecule has 0 aromatic heterocycles. The van der Waals surface area contributed by atoms with Crippen molar-refractivity contribution in [3.05, 3.63) is 33.8 Å². The van der Waals surface area contributed by atoms with E-state index < -0.39 is 0 Å². The molecule has 1 unspecified atom stereocenters. The Morgan fingerprint density at radius 2 is 1.94 bits per heavy atom. The van der Waals surface area contributed by atoms with Crippen LogP contribution in [0, 0.1) is 0 Å². The lowest BCUT2D eigenvalue weighted by Gasteiger charge is -2.17. The van der Waals surface area contributed by atoms with E-state index >= 15 is 0 Å². The van der Waals surface area contributed by atoms with Crippen LogP contribution < -0.4 is 5.32 Å². The number of nitrogens with one attached hydrogen (secondary N) is 1. The molecular weight excluding hydrogens is 245 g/mol. The summed E-state index contributed by atoms with van der Waals surface area (Å²) in [5.74, 6) is 0. The summed E-state index contributed by atoms with van der Waals surface area (Å²) in [5, 5.41) is 4.70. The predicted octanol–water partition coefficient (Wildman–Crippen LogP) is 3.16. The van der Waals surface area contributed by atoms with E-state index in [1.54, 1.807) is 7.11 Å². The van der Waals surface area contributed by atoms with Gasteiger partial charge < -0.3 is 10.1 Å². The average Bonchev–Trinajstić information content (AvgIpc) is 2.28. The van der Waals surface area contributed by atoms with Crippen molar-refractivity contribution >= 4 is 23.2 Å². The third-order valence-electron chi connectivity index (χ3n) is 2.59. The smallest absolute Gasteiger partial charge is 0.0477 e. The Hall–Kier alpha value is -0.280. The molecule has 0 aliphatic rings. The SMILES string of the molecule is CNC(CCOC)Cc1c(Cl)cccc1Cl. The highest BCUT2D eigenvalue weighted by molar-refractivity contribution is 6.35. The molecule has 1 N–H and O–H groups in total. The third kappa shape index (κ3) is 3.95. The first-order valence-corrected chi connectivity index (χ1v) is 6.03. The Balaban J connectivity index is 2.69. The molecule has 1 atom stereocenters. The number of ether oxygens (including phenoxy) is 1. The number of hydrogen-bond acceptors (Lipinski definition) is 2. The van der Waals surface area contributed by atoms with E-state index in [9.17, 15) is 0 Å². The molecule has 4 heteroatoms. The molecule has 0 saturated heterocycles. The van der Waals surface area contributed by atoms with Crippen LogP contribution in [0.3, 0.4) is 0 Å². The molecule has 1 aromatic rings. The summed E-state index contributed by atoms with van der Waals surface area (Å²) >= 11 is 12.2. The zero-order valence-electron chi connectivity index (χ0n) is 9.59. The van der Waals surface area contributed by atoms with E-state index in [0.717, 1.165) is 35.1 Å². The van der Waals surface area contributed by atoms with Crippen LogP contribution in [0.4, 0.5) is 0 Å². The summed E-state index contributed by atoms with van der Waals surface area (Å²) in [6.07, 6.45) is 1.76. The average molecular weight is 262 g/mol. The topological polar surface area (TPSA) is 21.3 Å². The maximum Gasteiger partial charge on any atom is 0.0477 e. The first-order valence-electron chi connectivity index (χ1n) is 5.28. The van der Waals surface area contributed by atoms with Gasteiger partial charge in [0.1, 0.15) is 0 Å². The van der Waals surface area contributed by atoms with Crippen molar-refractivity contribution in [2.24, 2.45) is 0 Å². The van der Waals surface area contributed by atoms with Crippen LogP contribution in [0.15, 0.2) is 18.2 Å². The Labute approximate surface area is 107 Å². The van der Waals surface area contributed by atoms with E-state index in [2.05, 4.69) is 5.32 Å². The maximum absolute atomic E-state index is 6.12. The summed E-state index contributed by atoms with van der Waals surface area (Å²) in [6, 6.07) is 5.92. The van der Waals surface area contributed by atoms with Gasteiger partial charge in [-0.15, -0.1) is 0 Å². The van der Waals surface area contributed by atoms with Crippen LogP contribution in [-0.2, 0) is 11.2 Å². The lowest BCUT2D eigenvalue weighted by atomic mass is 10.0. The van der Waals surface area contributed by atoms with Gasteiger partial charge in [-0.1, -0.05) is 29.3 Å². The number of halogens is 2. The normalized spacial score (nSPS) is 12.8. The van der Waals surface area contributed by atoms with E-state index in [-0.39, 0.29) is 0 Å². The molecule has 0 heterocycles. The van der Waals surface area contributed by atoms with Crippen LogP contribution in [-0.4, -0.2) is 26.8 Å². The first-order chi connectivity index (χ1) is 7.69. The standard InChI is InChI=1S/C12H17Cl2NO/c1-15-9(6-7-16-2)8-10-11(13)4-3-5-12(10)14/h3-5,9,15H,6-8H2,1-2H3. The molecule has 0 spiro atoms. The summed E-state index contributed by atoms with van der Waals surface area (Å²) in [5.41, 5.74) is 1.00. The molecule has 0 radical (unpaired) electrons. The Morgan fingerprint density at radius 1 is 1.31 bits per heavy atom. The van der Waals surface area contributed by atoms with Crippen molar-refractivity contribution in [3.8, 4) is 0 Å². The van der Waals surface area contributed by atoms with Crippen LogP contribution in [0.25, 0.3) is 0 Å². The highest BCUT2D eigenvalue weighted by Gasteiger charge is 2.12. The highest BCUT2D eigenvalue weighted by atomic mass is 35.5. The van der Waals surface area contributed by atoms with Crippen molar-refractivity contribution in [1.82, 2.24) is 5.32 Å². The molecule has 90 valence electrons. The second kappa shape index (κ2) is 7.13. The molecule has 0 aliphatic heterocycles. The minimum absolute atomic E-state index is 0.331. The molecular formula is C12H17Cl2NO. The lowest BCUT2D eigenvalue weighted by Crippen LogP contribution is -2.29. The number of hydrogen-bond donors (Lipinski definition) is 1. The van der Waals surface area contributed by atoms with Gasteiger partial charge in [0.25, 0.3) is 0 Å². The quantitative estimate of drug-likeness (QED) is 0.850. The predicted molar refractivity (Wildman–Crippen MR) is 69.5 cm³/mol. The van der Waals surface area contributed by atoms with Crippen LogP contribution in [0.5, 0.6) is 0 Å².